The Morgan fingerprint density at radius 1 is 1.18 bits per heavy atom. The minimum atomic E-state index is -1.53. The van der Waals surface area contributed by atoms with Crippen LogP contribution in [0.15, 0.2) is 18.3 Å². The molecule has 9 nitrogen and oxygen atoms in total. The number of fused-ring (bicyclic) bond motifs is 1. The standard InChI is InChI=1S/C24H31ClN6O3/c1-8-29-11-12-30(23(5,6)16(29)4)22(33)34-24(7)20-19(27-14(2)15(3)28-20)21(32)31(24)18-10-9-17(25)13-26-18/h9-10,13,16H,8,11-12H2,1-7H3/t16?,24-/m0/s1. The van der Waals surface area contributed by atoms with E-state index >= 15 is 0 Å². The van der Waals surface area contributed by atoms with Crippen molar-refractivity contribution in [2.24, 2.45) is 0 Å². The van der Waals surface area contributed by atoms with Crippen molar-refractivity contribution < 1.29 is 14.3 Å². The number of amides is 2. The van der Waals surface area contributed by atoms with Crippen LogP contribution in [0.3, 0.4) is 0 Å². The predicted molar refractivity (Wildman–Crippen MR) is 129 cm³/mol. The summed E-state index contributed by atoms with van der Waals surface area (Å²) < 4.78 is 6.18. The van der Waals surface area contributed by atoms with Crippen LogP contribution in [0.25, 0.3) is 0 Å². The molecule has 1 fully saturated rings. The normalized spacial score (nSPS) is 24.4. The highest BCUT2D eigenvalue weighted by molar-refractivity contribution is 6.30. The second-order valence-corrected chi connectivity index (χ2v) is 9.96. The van der Waals surface area contributed by atoms with Crippen molar-refractivity contribution in [3.63, 3.8) is 0 Å². The SMILES string of the molecule is CCN1CCN(C(=O)O[C@@]2(C)c3nc(C)c(C)nc3C(=O)N2c2ccc(Cl)cn2)C(C)(C)C1C. The molecule has 2 aliphatic rings. The van der Waals surface area contributed by atoms with Gasteiger partial charge in [0.1, 0.15) is 11.5 Å². The van der Waals surface area contributed by atoms with Crippen LogP contribution < -0.4 is 4.90 Å². The van der Waals surface area contributed by atoms with Gasteiger partial charge in [-0.05, 0) is 53.3 Å². The smallest absolute Gasteiger partial charge is 0.412 e. The molecule has 1 saturated heterocycles. The number of halogens is 1. The molecule has 0 bridgehead atoms. The summed E-state index contributed by atoms with van der Waals surface area (Å²) >= 11 is 6.02. The Balaban J connectivity index is 1.77. The van der Waals surface area contributed by atoms with E-state index < -0.39 is 23.3 Å². The maximum Gasteiger partial charge on any atom is 0.412 e. The van der Waals surface area contributed by atoms with Gasteiger partial charge in [0.15, 0.2) is 5.69 Å². The van der Waals surface area contributed by atoms with E-state index in [9.17, 15) is 9.59 Å². The summed E-state index contributed by atoms with van der Waals surface area (Å²) in [6.45, 7) is 15.7. The molecule has 2 aromatic rings. The van der Waals surface area contributed by atoms with Gasteiger partial charge in [0.05, 0.1) is 21.9 Å². The number of nitrogens with zero attached hydrogens (tertiary/aromatic N) is 6. The van der Waals surface area contributed by atoms with Crippen LogP contribution in [0.5, 0.6) is 0 Å². The van der Waals surface area contributed by atoms with Crippen LogP contribution in [0.1, 0.15) is 62.2 Å². The highest BCUT2D eigenvalue weighted by atomic mass is 35.5. The van der Waals surface area contributed by atoms with Crippen molar-refractivity contribution in [2.45, 2.75) is 65.8 Å². The molecule has 0 radical (unpaired) electrons. The highest BCUT2D eigenvalue weighted by Gasteiger charge is 2.55. The maximum absolute atomic E-state index is 13.7. The van der Waals surface area contributed by atoms with Crippen LogP contribution in [-0.4, -0.2) is 68.0 Å². The van der Waals surface area contributed by atoms with Gasteiger partial charge in [-0.15, -0.1) is 0 Å². The van der Waals surface area contributed by atoms with E-state index in [0.717, 1.165) is 13.1 Å². The molecule has 10 heteroatoms. The van der Waals surface area contributed by atoms with E-state index in [2.05, 4.69) is 33.7 Å². The van der Waals surface area contributed by atoms with E-state index in [1.807, 2.05) is 20.8 Å². The number of aryl methyl sites for hydroxylation is 2. The summed E-state index contributed by atoms with van der Waals surface area (Å²) in [5, 5.41) is 0.430. The van der Waals surface area contributed by atoms with Crippen molar-refractivity contribution in [1.29, 1.82) is 0 Å². The molecule has 2 amide bonds. The molecule has 0 aliphatic carbocycles. The van der Waals surface area contributed by atoms with Gasteiger partial charge in [0, 0.05) is 32.3 Å². The molecule has 0 N–H and O–H groups in total. The number of aromatic nitrogens is 3. The van der Waals surface area contributed by atoms with E-state index in [1.165, 1.54) is 11.1 Å². The molecular formula is C24H31ClN6O3. The van der Waals surface area contributed by atoms with Crippen molar-refractivity contribution in [3.8, 4) is 0 Å². The van der Waals surface area contributed by atoms with Gasteiger partial charge in [-0.3, -0.25) is 9.69 Å². The number of hydrogen-bond donors (Lipinski definition) is 0. The first kappa shape index (κ1) is 24.3. The van der Waals surface area contributed by atoms with Gasteiger partial charge >= 0.3 is 6.09 Å². The largest absolute Gasteiger partial charge is 0.416 e. The number of likely N-dealkylation sites (N-methyl/N-ethyl adjacent to an activating group) is 1. The summed E-state index contributed by atoms with van der Waals surface area (Å²) in [6.07, 6.45) is 0.927. The second-order valence-electron chi connectivity index (χ2n) is 9.53. The van der Waals surface area contributed by atoms with Gasteiger partial charge in [-0.2, -0.15) is 0 Å². The lowest BCUT2D eigenvalue weighted by Crippen LogP contribution is -2.66. The lowest BCUT2D eigenvalue weighted by Gasteiger charge is -2.51. The maximum atomic E-state index is 13.7. The Kier molecular flexibility index (Phi) is 6.06. The highest BCUT2D eigenvalue weighted by Crippen LogP contribution is 2.42. The molecule has 1 unspecified atom stereocenters. The Labute approximate surface area is 205 Å². The van der Waals surface area contributed by atoms with Crippen molar-refractivity contribution in [3.05, 3.63) is 46.1 Å². The van der Waals surface area contributed by atoms with Crippen LogP contribution in [0, 0.1) is 13.8 Å². The summed E-state index contributed by atoms with van der Waals surface area (Å²) in [7, 11) is 0. The zero-order valence-corrected chi connectivity index (χ0v) is 21.5. The molecule has 0 saturated carbocycles. The van der Waals surface area contributed by atoms with Crippen LogP contribution in [-0.2, 0) is 10.5 Å². The first-order valence-corrected chi connectivity index (χ1v) is 11.9. The summed E-state index contributed by atoms with van der Waals surface area (Å²) in [6, 6.07) is 3.38. The Morgan fingerprint density at radius 3 is 2.47 bits per heavy atom. The molecular weight excluding hydrogens is 456 g/mol. The third-order valence-corrected chi connectivity index (χ3v) is 7.53. The van der Waals surface area contributed by atoms with Gasteiger partial charge in [-0.1, -0.05) is 18.5 Å². The monoisotopic (exact) mass is 486 g/mol. The first-order valence-electron chi connectivity index (χ1n) is 11.5. The van der Waals surface area contributed by atoms with Gasteiger partial charge in [0.25, 0.3) is 5.91 Å². The average Bonchev–Trinajstić information content (AvgIpc) is 2.97. The predicted octanol–water partition coefficient (Wildman–Crippen LogP) is 3.92. The number of piperazine rings is 1. The summed E-state index contributed by atoms with van der Waals surface area (Å²) in [5.41, 5.74) is -0.271. The molecule has 4 rings (SSSR count). The van der Waals surface area contributed by atoms with E-state index in [0.29, 0.717) is 34.5 Å². The van der Waals surface area contributed by atoms with Crippen LogP contribution >= 0.6 is 11.6 Å². The molecule has 4 heterocycles. The quantitative estimate of drug-likeness (QED) is 0.649. The first-order chi connectivity index (χ1) is 15.9. The third kappa shape index (κ3) is 3.71. The minimum absolute atomic E-state index is 0.128. The van der Waals surface area contributed by atoms with Gasteiger partial charge in [-0.25, -0.2) is 24.6 Å². The zero-order valence-electron chi connectivity index (χ0n) is 20.7. The number of rotatable bonds is 3. The minimum Gasteiger partial charge on any atom is -0.416 e. The van der Waals surface area contributed by atoms with Gasteiger partial charge in [0.2, 0.25) is 5.72 Å². The molecule has 0 aromatic carbocycles. The molecule has 0 spiro atoms. The fraction of sp³-hybridized carbons (Fsp3) is 0.542. The summed E-state index contributed by atoms with van der Waals surface area (Å²) in [5.74, 6) is -0.137. The van der Waals surface area contributed by atoms with Crippen LogP contribution in [0.4, 0.5) is 10.6 Å². The number of ether oxygens (including phenoxy) is 1. The molecule has 2 aliphatic heterocycles. The number of pyridine rings is 1. The van der Waals surface area contributed by atoms with Crippen molar-refractivity contribution >= 4 is 29.4 Å². The number of carbonyl (C=O) groups excluding carboxylic acids is 2. The molecule has 34 heavy (non-hydrogen) atoms. The zero-order chi connectivity index (χ0) is 25.0. The average molecular weight is 487 g/mol. The van der Waals surface area contributed by atoms with Crippen molar-refractivity contribution in [2.75, 3.05) is 24.5 Å². The Morgan fingerprint density at radius 2 is 1.85 bits per heavy atom. The molecule has 2 aromatic heterocycles. The number of anilines is 1. The summed E-state index contributed by atoms with van der Waals surface area (Å²) in [4.78, 5) is 46.0. The number of hydrogen-bond acceptors (Lipinski definition) is 7. The van der Waals surface area contributed by atoms with E-state index in [4.69, 9.17) is 16.3 Å². The molecule has 182 valence electrons. The van der Waals surface area contributed by atoms with Crippen LogP contribution in [0.2, 0.25) is 5.02 Å². The number of carbonyl (C=O) groups is 2. The second kappa shape index (κ2) is 8.46. The lowest BCUT2D eigenvalue weighted by molar-refractivity contribution is -0.0540. The topological polar surface area (TPSA) is 91.8 Å². The fourth-order valence-corrected chi connectivity index (χ4v) is 4.88. The Hall–Kier alpha value is -2.78. The van der Waals surface area contributed by atoms with E-state index in [1.54, 1.807) is 30.9 Å². The van der Waals surface area contributed by atoms with E-state index in [-0.39, 0.29) is 11.7 Å². The van der Waals surface area contributed by atoms with Gasteiger partial charge < -0.3 is 9.64 Å². The molecule has 2 atom stereocenters. The van der Waals surface area contributed by atoms with Crippen molar-refractivity contribution in [1.82, 2.24) is 24.8 Å². The fourth-order valence-electron chi connectivity index (χ4n) is 4.76. The third-order valence-electron chi connectivity index (χ3n) is 7.31. The Bertz CT molecular complexity index is 1140. The lowest BCUT2D eigenvalue weighted by atomic mass is 9.90.